The molecular formula is C3H3CuLi2N. The largest absolute Gasteiger partial charge is 1.00 e. The van der Waals surface area contributed by atoms with Crippen LogP contribution >= 0.6 is 0 Å². The normalized spacial score (nSPS) is 4.43. The Morgan fingerprint density at radius 2 is 2.00 bits per heavy atom. The first kappa shape index (κ1) is 15.7. The van der Waals surface area contributed by atoms with Crippen molar-refractivity contribution in [1.29, 1.82) is 5.26 Å². The Hall–Kier alpha value is 0.944. The van der Waals surface area contributed by atoms with Crippen molar-refractivity contribution < 1.29 is 52.7 Å². The predicted octanol–water partition coefficient (Wildman–Crippen LogP) is -5.30. The molecule has 0 rings (SSSR count). The summed E-state index contributed by atoms with van der Waals surface area (Å²) in [5, 5.41) is 7.70. The molecule has 4 heteroatoms. The van der Waals surface area contributed by atoms with Gasteiger partial charge in [0.05, 0.1) is 0 Å². The van der Waals surface area contributed by atoms with Crippen molar-refractivity contribution in [2.24, 2.45) is 0 Å². The first-order valence-electron chi connectivity index (χ1n) is 0.957. The molecule has 0 aromatic rings. The summed E-state index contributed by atoms with van der Waals surface area (Å²) in [5.41, 5.74) is 0. The summed E-state index contributed by atoms with van der Waals surface area (Å²) in [4.78, 5) is 3.28. The van der Waals surface area contributed by atoms with E-state index in [2.05, 4.69) is 6.58 Å². The zero-order valence-corrected chi connectivity index (χ0v) is 5.47. The maximum absolute atomic E-state index is 7.70. The van der Waals surface area contributed by atoms with Gasteiger partial charge < -0.3 is 0 Å². The first-order valence-corrected chi connectivity index (χ1v) is 1.97. The van der Waals surface area contributed by atoms with Crippen LogP contribution in [0.1, 0.15) is 0 Å². The van der Waals surface area contributed by atoms with E-state index in [1.807, 2.05) is 0 Å². The van der Waals surface area contributed by atoms with Crippen LogP contribution in [0.15, 0.2) is 11.6 Å². The molecule has 0 fully saturated rings. The molecule has 0 heterocycles. The summed E-state index contributed by atoms with van der Waals surface area (Å²) in [5.74, 6) is 0. The molecule has 0 N–H and O–H groups in total. The SMILES string of the molecule is C=[CH][Cu-2][C]#N.[Li+].[Li+]. The van der Waals surface area contributed by atoms with Crippen molar-refractivity contribution in [1.82, 2.24) is 0 Å². The summed E-state index contributed by atoms with van der Waals surface area (Å²) >= 11 is 1.10. The molecule has 0 unspecified atom stereocenters. The van der Waals surface area contributed by atoms with Gasteiger partial charge in [0.2, 0.25) is 0 Å². The average Bonchev–Trinajstić information content (AvgIpc) is 1.41. The molecule has 0 aliphatic heterocycles. The van der Waals surface area contributed by atoms with Gasteiger partial charge in [0.25, 0.3) is 0 Å². The minimum atomic E-state index is 0. The molecule has 0 aliphatic carbocycles. The third kappa shape index (κ3) is 19.6. The van der Waals surface area contributed by atoms with Crippen molar-refractivity contribution in [2.45, 2.75) is 0 Å². The topological polar surface area (TPSA) is 23.8 Å². The zero-order chi connectivity index (χ0) is 4.12. The van der Waals surface area contributed by atoms with Crippen molar-refractivity contribution in [3.05, 3.63) is 11.6 Å². The maximum atomic E-state index is 7.70. The molecule has 0 saturated carbocycles. The molecule has 0 radical (unpaired) electrons. The molecule has 0 aromatic carbocycles. The molecule has 1 nitrogen and oxygen atoms in total. The van der Waals surface area contributed by atoms with E-state index in [-0.39, 0.29) is 37.7 Å². The van der Waals surface area contributed by atoms with Crippen LogP contribution in [-0.2, 0) is 15.0 Å². The van der Waals surface area contributed by atoms with E-state index in [9.17, 15) is 0 Å². The second-order valence-corrected chi connectivity index (χ2v) is 1.14. The fraction of sp³-hybridized carbons (Fsp3) is 0. The van der Waals surface area contributed by atoms with E-state index >= 15 is 0 Å². The monoisotopic (exact) mass is 130 g/mol. The van der Waals surface area contributed by atoms with Gasteiger partial charge in [0.15, 0.2) is 0 Å². The van der Waals surface area contributed by atoms with Gasteiger partial charge in [-0.15, -0.1) is 0 Å². The third-order valence-electron chi connectivity index (χ3n) is 0.100. The quantitative estimate of drug-likeness (QED) is 0.326. The van der Waals surface area contributed by atoms with Crippen molar-refractivity contribution in [3.63, 3.8) is 0 Å². The molecule has 33 valence electrons. The van der Waals surface area contributed by atoms with E-state index in [1.165, 1.54) is 4.97 Å². The second-order valence-electron chi connectivity index (χ2n) is 0.278. The molecule has 0 bridgehead atoms. The Morgan fingerprint density at radius 3 is 2.00 bits per heavy atom. The fourth-order valence-electron chi connectivity index (χ4n) is 0.0275. The van der Waals surface area contributed by atoms with Gasteiger partial charge in [-0.3, -0.25) is 0 Å². The van der Waals surface area contributed by atoms with Gasteiger partial charge in [-0.2, -0.15) is 0 Å². The van der Waals surface area contributed by atoms with Crippen molar-refractivity contribution in [3.8, 4) is 4.97 Å². The molecule has 7 heavy (non-hydrogen) atoms. The van der Waals surface area contributed by atoms with Gasteiger partial charge in [0.1, 0.15) is 0 Å². The van der Waals surface area contributed by atoms with Crippen LogP contribution in [0.2, 0.25) is 0 Å². The minimum Gasteiger partial charge on any atom is 1.00 e. The maximum Gasteiger partial charge on any atom is 1.00 e. The molecule has 0 saturated heterocycles. The number of nitrogens with zero attached hydrogens (tertiary/aromatic N) is 1. The van der Waals surface area contributed by atoms with Crippen LogP contribution in [-0.4, -0.2) is 0 Å². The first-order chi connectivity index (χ1) is 2.41. The minimum absolute atomic E-state index is 0. The molecular weight excluding hydrogens is 127 g/mol. The Morgan fingerprint density at radius 1 is 1.57 bits per heavy atom. The smallest absolute Gasteiger partial charge is 1.00 e. The van der Waals surface area contributed by atoms with Crippen LogP contribution in [0.4, 0.5) is 0 Å². The van der Waals surface area contributed by atoms with Crippen LogP contribution in [0, 0.1) is 10.2 Å². The summed E-state index contributed by atoms with van der Waals surface area (Å²) in [6.45, 7) is 3.29. The number of rotatable bonds is 1. The number of hydrogen-bond acceptors (Lipinski definition) is 1. The van der Waals surface area contributed by atoms with Gasteiger partial charge in [0, 0.05) is 0 Å². The fourth-order valence-corrected chi connectivity index (χ4v) is 0.113. The van der Waals surface area contributed by atoms with Crippen LogP contribution in [0.25, 0.3) is 0 Å². The molecule has 0 aliphatic rings. The molecule has 0 aromatic heterocycles. The van der Waals surface area contributed by atoms with Crippen molar-refractivity contribution >= 4 is 0 Å². The number of nitriles is 1. The van der Waals surface area contributed by atoms with E-state index in [4.69, 9.17) is 5.26 Å². The van der Waals surface area contributed by atoms with Crippen LogP contribution in [0.5, 0.6) is 0 Å². The average molecular weight is 130 g/mol. The van der Waals surface area contributed by atoms with E-state index in [1.54, 1.807) is 4.97 Å². The van der Waals surface area contributed by atoms with Gasteiger partial charge in [-0.25, -0.2) is 0 Å². The van der Waals surface area contributed by atoms with Crippen molar-refractivity contribution in [2.75, 3.05) is 0 Å². The molecule has 0 amide bonds. The number of hydrogen-bond donors (Lipinski definition) is 0. The summed E-state index contributed by atoms with van der Waals surface area (Å²) in [7, 11) is 0. The Kier molecular flexibility index (Phi) is 35.3. The second kappa shape index (κ2) is 15.8. The van der Waals surface area contributed by atoms with Gasteiger partial charge in [-0.1, -0.05) is 0 Å². The van der Waals surface area contributed by atoms with E-state index in [0.717, 1.165) is 15.0 Å². The van der Waals surface area contributed by atoms with E-state index in [0.29, 0.717) is 0 Å². The van der Waals surface area contributed by atoms with E-state index < -0.39 is 0 Å². The Labute approximate surface area is 74.0 Å². The molecule has 0 spiro atoms. The van der Waals surface area contributed by atoms with Gasteiger partial charge in [-0.05, 0) is 0 Å². The molecule has 0 atom stereocenters. The van der Waals surface area contributed by atoms with Gasteiger partial charge >= 0.3 is 74.5 Å². The standard InChI is InChI=1S/C2H3.CN.Cu.2Li/c2*1-2;;;/h1H,2H2;;;;/q;;-2;2*+1. The summed E-state index contributed by atoms with van der Waals surface area (Å²) in [6, 6.07) is 0. The Balaban J connectivity index is -0.0000000800. The third-order valence-corrected chi connectivity index (χ3v) is 0.414. The summed E-state index contributed by atoms with van der Waals surface area (Å²) < 4.78 is 0. The Bertz CT molecular complexity index is 67.8. The van der Waals surface area contributed by atoms with Crippen LogP contribution in [0.3, 0.4) is 0 Å². The zero-order valence-electron chi connectivity index (χ0n) is 4.53. The predicted molar refractivity (Wildman–Crippen MR) is 15.8 cm³/mol. The summed E-state index contributed by atoms with van der Waals surface area (Å²) in [6.07, 6.45) is 0. The van der Waals surface area contributed by atoms with Crippen LogP contribution < -0.4 is 37.7 Å².